The second kappa shape index (κ2) is 7.13. The molecular weight excluding hydrogens is 302 g/mol. The fourth-order valence-corrected chi connectivity index (χ4v) is 4.28. The average Bonchev–Trinajstić information content (AvgIpc) is 2.44. The number of amides is 1. The minimum atomic E-state index is -3.16. The molecule has 1 N–H and O–H groups in total. The van der Waals surface area contributed by atoms with E-state index in [-0.39, 0.29) is 35.8 Å². The summed E-state index contributed by atoms with van der Waals surface area (Å²) in [7, 11) is -3.16. The average molecular weight is 325 g/mol. The molecule has 5 nitrogen and oxygen atoms in total. The summed E-state index contributed by atoms with van der Waals surface area (Å²) < 4.78 is 29.2. The second-order valence-corrected chi connectivity index (χ2v) is 8.28. The molecular formula is C16H23NO4S. The summed E-state index contributed by atoms with van der Waals surface area (Å²) in [5, 5.41) is 2.92. The van der Waals surface area contributed by atoms with Gasteiger partial charge in [-0.1, -0.05) is 32.0 Å². The molecule has 6 heteroatoms. The van der Waals surface area contributed by atoms with E-state index in [2.05, 4.69) is 5.32 Å². The van der Waals surface area contributed by atoms with Crippen LogP contribution in [0.25, 0.3) is 0 Å². The van der Waals surface area contributed by atoms with Crippen LogP contribution in [0.15, 0.2) is 24.3 Å². The van der Waals surface area contributed by atoms with Crippen LogP contribution in [0.1, 0.15) is 38.3 Å². The quantitative estimate of drug-likeness (QED) is 0.869. The van der Waals surface area contributed by atoms with Gasteiger partial charge in [0.2, 0.25) is 5.91 Å². The number of hydrogen-bond donors (Lipinski definition) is 1. The number of sulfone groups is 1. The highest BCUT2D eigenvalue weighted by molar-refractivity contribution is 7.91. The first-order valence-electron chi connectivity index (χ1n) is 7.59. The van der Waals surface area contributed by atoms with E-state index in [4.69, 9.17) is 4.74 Å². The number of nitrogens with one attached hydrogen (secondary N) is 1. The molecule has 1 aromatic rings. The third-order valence-corrected chi connectivity index (χ3v) is 5.52. The fraction of sp³-hybridized carbons (Fsp3) is 0.562. The first kappa shape index (κ1) is 16.8. The van der Waals surface area contributed by atoms with Crippen molar-refractivity contribution in [3.05, 3.63) is 29.8 Å². The summed E-state index contributed by atoms with van der Waals surface area (Å²) in [6.45, 7) is 4.26. The molecule has 1 aromatic carbocycles. The summed E-state index contributed by atoms with van der Waals surface area (Å²) in [5.41, 5.74) is 0.951. The lowest BCUT2D eigenvalue weighted by atomic mass is 10.0. The lowest BCUT2D eigenvalue weighted by Crippen LogP contribution is -2.33. The van der Waals surface area contributed by atoms with Crippen LogP contribution in [0.2, 0.25) is 0 Å². The first-order valence-corrected chi connectivity index (χ1v) is 9.41. The van der Waals surface area contributed by atoms with Crippen molar-refractivity contribution < 1.29 is 17.9 Å². The summed E-state index contributed by atoms with van der Waals surface area (Å²) in [5.74, 6) is 0.665. The zero-order valence-electron chi connectivity index (χ0n) is 13.0. The maximum atomic E-state index is 12.0. The van der Waals surface area contributed by atoms with Crippen LogP contribution in [-0.4, -0.2) is 32.4 Å². The van der Waals surface area contributed by atoms with Gasteiger partial charge in [-0.25, -0.2) is 8.42 Å². The van der Waals surface area contributed by atoms with Crippen molar-refractivity contribution in [1.29, 1.82) is 0 Å². The van der Waals surface area contributed by atoms with Gasteiger partial charge in [0.25, 0.3) is 0 Å². The minimum absolute atomic E-state index is 0.00851. The molecule has 0 aliphatic carbocycles. The Morgan fingerprint density at radius 3 is 2.82 bits per heavy atom. The van der Waals surface area contributed by atoms with E-state index in [9.17, 15) is 13.2 Å². The van der Waals surface area contributed by atoms with Crippen LogP contribution in [0.5, 0.6) is 5.75 Å². The molecule has 0 spiro atoms. The van der Waals surface area contributed by atoms with Crippen LogP contribution in [-0.2, 0) is 14.6 Å². The Hall–Kier alpha value is -1.56. The highest BCUT2D eigenvalue weighted by Gasteiger charge is 2.23. The number of benzene rings is 1. The number of para-hydroxylation sites is 1. The summed E-state index contributed by atoms with van der Waals surface area (Å²) >= 11 is 0. The molecule has 0 bridgehead atoms. The standard InChI is InChI=1S/C16H23NO4S/c1-12(2)11-22(19,20)10-8-16(18)17-14-7-9-21-15-6-4-3-5-13(14)15/h3-6,12,14H,7-11H2,1-2H3,(H,17,18)/t14-/m1/s1. The van der Waals surface area contributed by atoms with Gasteiger partial charge in [-0.05, 0) is 12.0 Å². The van der Waals surface area contributed by atoms with Crippen molar-refractivity contribution in [3.8, 4) is 5.75 Å². The number of rotatable bonds is 6. The normalized spacial score (nSPS) is 17.7. The van der Waals surface area contributed by atoms with E-state index < -0.39 is 9.84 Å². The molecule has 1 heterocycles. The van der Waals surface area contributed by atoms with E-state index in [0.717, 1.165) is 11.3 Å². The third kappa shape index (κ3) is 4.73. The van der Waals surface area contributed by atoms with Crippen molar-refractivity contribution in [1.82, 2.24) is 5.32 Å². The molecule has 1 aliphatic rings. The molecule has 0 aromatic heterocycles. The van der Waals surface area contributed by atoms with Crippen molar-refractivity contribution in [2.45, 2.75) is 32.7 Å². The van der Waals surface area contributed by atoms with E-state index in [1.54, 1.807) is 0 Å². The Morgan fingerprint density at radius 1 is 1.36 bits per heavy atom. The van der Waals surface area contributed by atoms with Crippen LogP contribution in [0.3, 0.4) is 0 Å². The number of ether oxygens (including phenoxy) is 1. The Kier molecular flexibility index (Phi) is 5.45. The highest BCUT2D eigenvalue weighted by atomic mass is 32.2. The zero-order chi connectivity index (χ0) is 16.2. The fourth-order valence-electron chi connectivity index (χ4n) is 2.60. The van der Waals surface area contributed by atoms with Crippen LogP contribution in [0.4, 0.5) is 0 Å². The summed E-state index contributed by atoms with van der Waals surface area (Å²) in [6, 6.07) is 7.49. The molecule has 1 aliphatic heterocycles. The molecule has 22 heavy (non-hydrogen) atoms. The number of hydrogen-bond acceptors (Lipinski definition) is 4. The van der Waals surface area contributed by atoms with Crippen LogP contribution in [0, 0.1) is 5.92 Å². The van der Waals surface area contributed by atoms with Gasteiger partial charge in [0.05, 0.1) is 24.2 Å². The number of fused-ring (bicyclic) bond motifs is 1. The Labute approximate surface area is 132 Å². The molecule has 0 saturated heterocycles. The van der Waals surface area contributed by atoms with Gasteiger partial charge in [0.15, 0.2) is 9.84 Å². The van der Waals surface area contributed by atoms with E-state index in [1.165, 1.54) is 0 Å². The topological polar surface area (TPSA) is 72.5 Å². The molecule has 122 valence electrons. The highest BCUT2D eigenvalue weighted by Crippen LogP contribution is 2.31. The Bertz CT molecular complexity index is 625. The van der Waals surface area contributed by atoms with E-state index >= 15 is 0 Å². The number of carbonyl (C=O) groups excluding carboxylic acids is 1. The molecule has 1 amide bonds. The molecule has 0 unspecified atom stereocenters. The Balaban J connectivity index is 1.91. The smallest absolute Gasteiger partial charge is 0.221 e. The summed E-state index contributed by atoms with van der Waals surface area (Å²) in [6.07, 6.45) is 0.704. The maximum Gasteiger partial charge on any atom is 0.221 e. The lowest BCUT2D eigenvalue weighted by molar-refractivity contribution is -0.121. The number of carbonyl (C=O) groups is 1. The summed E-state index contributed by atoms with van der Waals surface area (Å²) in [4.78, 5) is 12.0. The SMILES string of the molecule is CC(C)CS(=O)(=O)CCC(=O)N[C@@H]1CCOc2ccccc21. The van der Waals surface area contributed by atoms with Gasteiger partial charge in [-0.3, -0.25) is 4.79 Å². The lowest BCUT2D eigenvalue weighted by Gasteiger charge is -2.26. The van der Waals surface area contributed by atoms with Gasteiger partial charge >= 0.3 is 0 Å². The van der Waals surface area contributed by atoms with Crippen LogP contribution >= 0.6 is 0 Å². The predicted molar refractivity (Wildman–Crippen MR) is 85.5 cm³/mol. The minimum Gasteiger partial charge on any atom is -0.493 e. The monoisotopic (exact) mass is 325 g/mol. The van der Waals surface area contributed by atoms with Crippen molar-refractivity contribution >= 4 is 15.7 Å². The molecule has 2 rings (SSSR count). The van der Waals surface area contributed by atoms with Gasteiger partial charge in [0, 0.05) is 18.4 Å². The van der Waals surface area contributed by atoms with Crippen molar-refractivity contribution in [2.75, 3.05) is 18.1 Å². The van der Waals surface area contributed by atoms with Gasteiger partial charge in [-0.2, -0.15) is 0 Å². The predicted octanol–water partition coefficient (Wildman–Crippen LogP) is 2.09. The maximum absolute atomic E-state index is 12.0. The van der Waals surface area contributed by atoms with Gasteiger partial charge in [0.1, 0.15) is 5.75 Å². The van der Waals surface area contributed by atoms with Crippen molar-refractivity contribution in [3.63, 3.8) is 0 Å². The van der Waals surface area contributed by atoms with E-state index in [1.807, 2.05) is 38.1 Å². The van der Waals surface area contributed by atoms with Crippen molar-refractivity contribution in [2.24, 2.45) is 5.92 Å². The first-order chi connectivity index (χ1) is 10.4. The molecule has 0 saturated carbocycles. The molecule has 0 radical (unpaired) electrons. The van der Waals surface area contributed by atoms with Crippen LogP contribution < -0.4 is 10.1 Å². The largest absolute Gasteiger partial charge is 0.493 e. The third-order valence-electron chi connectivity index (χ3n) is 3.52. The Morgan fingerprint density at radius 2 is 2.09 bits per heavy atom. The van der Waals surface area contributed by atoms with E-state index in [0.29, 0.717) is 13.0 Å². The molecule has 1 atom stereocenters. The molecule has 0 fully saturated rings. The zero-order valence-corrected chi connectivity index (χ0v) is 13.9. The van der Waals surface area contributed by atoms with Gasteiger partial charge in [-0.15, -0.1) is 0 Å². The second-order valence-electron chi connectivity index (χ2n) is 6.05. The van der Waals surface area contributed by atoms with Gasteiger partial charge < -0.3 is 10.1 Å².